The van der Waals surface area contributed by atoms with E-state index in [0.29, 0.717) is 0 Å². The molecule has 0 spiro atoms. The summed E-state index contributed by atoms with van der Waals surface area (Å²) in [5.74, 6) is 0.149. The summed E-state index contributed by atoms with van der Waals surface area (Å²) in [5, 5.41) is 0. The number of hydrogen-bond acceptors (Lipinski definition) is 3. The second kappa shape index (κ2) is 7.51. The molecule has 2 heterocycles. The Morgan fingerprint density at radius 1 is 0.645 bits per heavy atom. The predicted molar refractivity (Wildman–Crippen MR) is 139 cm³/mol. The van der Waals surface area contributed by atoms with Crippen molar-refractivity contribution in [3.63, 3.8) is 0 Å². The van der Waals surface area contributed by atoms with E-state index in [-0.39, 0.29) is 5.78 Å². The third-order valence-corrected chi connectivity index (χ3v) is 9.05. The smallest absolute Gasteiger partial charge is 0.183 e. The summed E-state index contributed by atoms with van der Waals surface area (Å²) in [6.45, 7) is 8.54. The van der Waals surface area contributed by atoms with Gasteiger partial charge >= 0.3 is 0 Å². The molecule has 0 radical (unpaired) electrons. The molecule has 2 aromatic heterocycles. The van der Waals surface area contributed by atoms with Crippen molar-refractivity contribution in [2.45, 2.75) is 33.1 Å². The number of rotatable bonds is 2. The van der Waals surface area contributed by atoms with Crippen molar-refractivity contribution in [2.75, 3.05) is 0 Å². The number of halogens is 2. The van der Waals surface area contributed by atoms with E-state index in [2.05, 4.69) is 96.0 Å². The van der Waals surface area contributed by atoms with Crippen LogP contribution in [0.2, 0.25) is 0 Å². The molecule has 0 atom stereocenters. The molecule has 0 bridgehead atoms. The summed E-state index contributed by atoms with van der Waals surface area (Å²) < 4.78 is 1.91. The standard InChI is InChI=1S/C26H20Br2OS2/c1-13-9-22(15(3)30-13)26(23-10-14(2)31-16(23)4)24-12-18(28)6-8-20(24)19-7-5-17(27)11-21(19)25(26)29/h5-12H,1-4H3. The van der Waals surface area contributed by atoms with Crippen molar-refractivity contribution in [1.29, 1.82) is 0 Å². The first-order valence-corrected chi connectivity index (χ1v) is 13.2. The highest BCUT2D eigenvalue weighted by atomic mass is 79.9. The average Bonchev–Trinajstić information content (AvgIpc) is 3.23. The molecule has 1 aliphatic rings. The van der Waals surface area contributed by atoms with E-state index in [9.17, 15) is 4.79 Å². The molecule has 0 amide bonds. The SMILES string of the molecule is Cc1cc(C2(c3cc(C)sc3C)C(=O)c3cc(Br)ccc3-c3ccc(Br)cc32)c(C)s1. The van der Waals surface area contributed by atoms with Gasteiger partial charge in [-0.15, -0.1) is 22.7 Å². The number of Topliss-reactive ketones (excluding diaryl/α,β-unsaturated/α-hetero) is 1. The Hall–Kier alpha value is -1.53. The number of hydrogen-bond donors (Lipinski definition) is 0. The van der Waals surface area contributed by atoms with Crippen LogP contribution in [-0.2, 0) is 5.41 Å². The van der Waals surface area contributed by atoms with Crippen LogP contribution < -0.4 is 0 Å². The zero-order valence-corrected chi connectivity index (χ0v) is 22.4. The molecule has 5 rings (SSSR count). The summed E-state index contributed by atoms with van der Waals surface area (Å²) >= 11 is 10.8. The second-order valence-electron chi connectivity index (χ2n) is 8.11. The zero-order chi connectivity index (χ0) is 22.1. The largest absolute Gasteiger partial charge is 0.292 e. The lowest BCUT2D eigenvalue weighted by Gasteiger charge is -2.40. The van der Waals surface area contributed by atoms with Crippen LogP contribution in [0.4, 0.5) is 0 Å². The molecule has 0 saturated carbocycles. The van der Waals surface area contributed by atoms with Gasteiger partial charge in [-0.3, -0.25) is 4.79 Å². The molecule has 1 nitrogen and oxygen atoms in total. The molecule has 0 unspecified atom stereocenters. The van der Waals surface area contributed by atoms with Gasteiger partial charge < -0.3 is 0 Å². The van der Waals surface area contributed by atoms with Gasteiger partial charge in [0.25, 0.3) is 0 Å². The van der Waals surface area contributed by atoms with Gasteiger partial charge in [0.05, 0.1) is 0 Å². The fourth-order valence-corrected chi connectivity index (χ4v) is 7.70. The summed E-state index contributed by atoms with van der Waals surface area (Å²) in [6.07, 6.45) is 0. The molecule has 156 valence electrons. The lowest BCUT2D eigenvalue weighted by atomic mass is 9.60. The quantitative estimate of drug-likeness (QED) is 0.235. The lowest BCUT2D eigenvalue weighted by molar-refractivity contribution is 0.0933. The number of fused-ring (bicyclic) bond motifs is 3. The Balaban J connectivity index is 2.02. The highest BCUT2D eigenvalue weighted by Gasteiger charge is 2.51. The van der Waals surface area contributed by atoms with Crippen molar-refractivity contribution in [1.82, 2.24) is 0 Å². The van der Waals surface area contributed by atoms with E-state index < -0.39 is 5.41 Å². The van der Waals surface area contributed by atoms with E-state index in [1.54, 1.807) is 22.7 Å². The Kier molecular flexibility index (Phi) is 5.17. The molecule has 0 aliphatic heterocycles. The molecule has 5 heteroatoms. The maximum atomic E-state index is 14.7. The van der Waals surface area contributed by atoms with Crippen molar-refractivity contribution in [3.8, 4) is 11.1 Å². The lowest BCUT2D eigenvalue weighted by Crippen LogP contribution is -2.42. The Morgan fingerprint density at radius 2 is 1.16 bits per heavy atom. The molecule has 1 aliphatic carbocycles. The van der Waals surface area contributed by atoms with Crippen molar-refractivity contribution >= 4 is 60.3 Å². The Bertz CT molecular complexity index is 1330. The fourth-order valence-electron chi connectivity index (χ4n) is 5.01. The van der Waals surface area contributed by atoms with E-state index in [1.165, 1.54) is 19.5 Å². The third kappa shape index (κ3) is 3.08. The molecule has 0 N–H and O–H groups in total. The molecule has 31 heavy (non-hydrogen) atoms. The first-order valence-electron chi connectivity index (χ1n) is 10.0. The maximum absolute atomic E-state index is 14.7. The number of ketones is 1. The highest BCUT2D eigenvalue weighted by Crippen LogP contribution is 2.54. The van der Waals surface area contributed by atoms with Crippen LogP contribution in [-0.4, -0.2) is 5.78 Å². The minimum atomic E-state index is -0.864. The summed E-state index contributed by atoms with van der Waals surface area (Å²) in [5.41, 5.74) is 5.30. The van der Waals surface area contributed by atoms with Crippen LogP contribution in [0.1, 0.15) is 46.6 Å². The van der Waals surface area contributed by atoms with Gasteiger partial charge in [-0.05, 0) is 91.9 Å². The van der Waals surface area contributed by atoms with Gasteiger partial charge in [0, 0.05) is 34.0 Å². The second-order valence-corrected chi connectivity index (χ2v) is 12.9. The number of thiophene rings is 2. The molecular weight excluding hydrogens is 552 g/mol. The minimum Gasteiger partial charge on any atom is -0.292 e. The van der Waals surface area contributed by atoms with Gasteiger partial charge in [0.2, 0.25) is 0 Å². The normalized spacial score (nSPS) is 14.5. The summed E-state index contributed by atoms with van der Waals surface area (Å²) in [4.78, 5) is 19.5. The van der Waals surface area contributed by atoms with Gasteiger partial charge in [0.1, 0.15) is 5.41 Å². The fraction of sp³-hybridized carbons (Fsp3) is 0.192. The van der Waals surface area contributed by atoms with Crippen LogP contribution in [0.5, 0.6) is 0 Å². The molecular formula is C26H20Br2OS2. The first-order chi connectivity index (χ1) is 14.7. The van der Waals surface area contributed by atoms with Crippen LogP contribution >= 0.6 is 54.5 Å². The van der Waals surface area contributed by atoms with E-state index in [4.69, 9.17) is 0 Å². The molecule has 0 fully saturated rings. The average molecular weight is 572 g/mol. The van der Waals surface area contributed by atoms with E-state index in [0.717, 1.165) is 42.3 Å². The zero-order valence-electron chi connectivity index (χ0n) is 17.6. The van der Waals surface area contributed by atoms with Gasteiger partial charge in [-0.2, -0.15) is 0 Å². The molecule has 4 aromatic rings. The first kappa shape index (κ1) is 21.3. The van der Waals surface area contributed by atoms with Crippen LogP contribution in [0.25, 0.3) is 11.1 Å². The third-order valence-electron chi connectivity index (χ3n) is 6.13. The summed E-state index contributed by atoms with van der Waals surface area (Å²) in [6, 6.07) is 16.9. The van der Waals surface area contributed by atoms with Crippen molar-refractivity contribution in [3.05, 3.63) is 99.2 Å². The highest BCUT2D eigenvalue weighted by molar-refractivity contribution is 9.10. The van der Waals surface area contributed by atoms with Crippen molar-refractivity contribution < 1.29 is 4.79 Å². The Morgan fingerprint density at radius 3 is 1.68 bits per heavy atom. The monoisotopic (exact) mass is 570 g/mol. The number of carbonyl (C=O) groups is 1. The van der Waals surface area contributed by atoms with Crippen LogP contribution in [0.15, 0.2) is 57.5 Å². The maximum Gasteiger partial charge on any atom is 0.183 e. The summed E-state index contributed by atoms with van der Waals surface area (Å²) in [7, 11) is 0. The molecule has 2 aromatic carbocycles. The number of aryl methyl sites for hydroxylation is 4. The minimum absolute atomic E-state index is 0.149. The van der Waals surface area contributed by atoms with E-state index in [1.807, 2.05) is 12.1 Å². The number of benzene rings is 2. The van der Waals surface area contributed by atoms with Crippen molar-refractivity contribution in [2.24, 2.45) is 0 Å². The number of carbonyl (C=O) groups excluding carboxylic acids is 1. The van der Waals surface area contributed by atoms with Crippen LogP contribution in [0.3, 0.4) is 0 Å². The van der Waals surface area contributed by atoms with Crippen LogP contribution in [0, 0.1) is 27.7 Å². The topological polar surface area (TPSA) is 17.1 Å². The van der Waals surface area contributed by atoms with Gasteiger partial charge in [-0.25, -0.2) is 0 Å². The van der Waals surface area contributed by atoms with Gasteiger partial charge in [0.15, 0.2) is 5.78 Å². The molecule has 0 saturated heterocycles. The van der Waals surface area contributed by atoms with E-state index >= 15 is 0 Å². The Labute approximate surface area is 207 Å². The predicted octanol–water partition coefficient (Wildman–Crippen LogP) is 8.77. The van der Waals surface area contributed by atoms with Gasteiger partial charge in [-0.1, -0.05) is 44.0 Å².